The molecule has 0 spiro atoms. The number of hydrogen-bond donors (Lipinski definition) is 4. The highest BCUT2D eigenvalue weighted by Crippen LogP contribution is 2.42. The second-order valence-corrected chi connectivity index (χ2v) is 15.2. The van der Waals surface area contributed by atoms with E-state index in [1.807, 2.05) is 60.7 Å². The van der Waals surface area contributed by atoms with E-state index in [-0.39, 0.29) is 17.3 Å². The lowest BCUT2D eigenvalue weighted by molar-refractivity contribution is -0.150. The summed E-state index contributed by atoms with van der Waals surface area (Å²) in [6.45, 7) is 5.00. The minimum absolute atomic E-state index is 0.0276. The molecule has 3 heterocycles. The second kappa shape index (κ2) is 14.4. The third-order valence-electron chi connectivity index (χ3n) is 7.96. The summed E-state index contributed by atoms with van der Waals surface area (Å²) in [6, 6.07) is 22.0. The number of thiazole rings is 1. The Morgan fingerprint density at radius 2 is 1.69 bits per heavy atom. The van der Waals surface area contributed by atoms with Gasteiger partial charge in [0.25, 0.3) is 11.8 Å². The largest absolute Gasteiger partial charge is 0.516 e. The zero-order valence-corrected chi connectivity index (χ0v) is 30.1. The second-order valence-electron chi connectivity index (χ2n) is 12.7. The summed E-state index contributed by atoms with van der Waals surface area (Å²) in [7, 11) is 0. The van der Waals surface area contributed by atoms with Crippen LogP contribution in [0.15, 0.2) is 90.3 Å². The number of nitrogen functional groups attached to an aromatic ring is 1. The van der Waals surface area contributed by atoms with Crippen LogP contribution in [0.3, 0.4) is 0 Å². The molecule has 13 nitrogen and oxygen atoms in total. The minimum atomic E-state index is -2.18. The number of ether oxygens (including phenoxy) is 3. The van der Waals surface area contributed by atoms with E-state index in [0.29, 0.717) is 26.7 Å². The number of rotatable bonds is 9. The van der Waals surface area contributed by atoms with Crippen LogP contribution in [-0.2, 0) is 29.5 Å². The first kappa shape index (κ1) is 36.0. The van der Waals surface area contributed by atoms with Crippen LogP contribution in [0.1, 0.15) is 43.6 Å². The van der Waals surface area contributed by atoms with Crippen LogP contribution >= 0.6 is 34.7 Å². The molecule has 6 rings (SSSR count). The summed E-state index contributed by atoms with van der Waals surface area (Å²) >= 11 is 8.73. The Balaban J connectivity index is 1.22. The van der Waals surface area contributed by atoms with Crippen molar-refractivity contribution in [3.05, 3.63) is 107 Å². The maximum Gasteiger partial charge on any atom is 0.516 e. The molecule has 1 aromatic heterocycles. The number of amides is 3. The molecule has 0 aliphatic carbocycles. The van der Waals surface area contributed by atoms with Gasteiger partial charge in [0, 0.05) is 22.8 Å². The number of fused-ring (bicyclic) bond motifs is 2. The number of alkyl halides is 1. The highest BCUT2D eigenvalue weighted by atomic mass is 35.5. The van der Waals surface area contributed by atoms with E-state index in [1.165, 1.54) is 34.1 Å². The molecule has 6 N–H and O–H groups in total. The van der Waals surface area contributed by atoms with Gasteiger partial charge in [-0.15, -0.1) is 23.4 Å². The number of hydrogen-bond acceptors (Lipinski definition) is 12. The molecule has 3 amide bonds. The molecular formula is C35H35ClN6O7S2. The number of anilines is 1. The first-order valence-electron chi connectivity index (χ1n) is 15.8. The molecule has 4 aromatic rings. The van der Waals surface area contributed by atoms with E-state index < -0.39 is 52.8 Å². The number of carbonyl (C=O) groups excluding carboxylic acids is 4. The quantitative estimate of drug-likeness (QED) is 0.0752. The number of nitrogens with one attached hydrogen (secondary N) is 2. The summed E-state index contributed by atoms with van der Waals surface area (Å²) in [5, 5.41) is 4.81. The smallest absolute Gasteiger partial charge is 0.444 e. The number of benzene rings is 3. The Hall–Kier alpha value is -4.83. The van der Waals surface area contributed by atoms with Crippen molar-refractivity contribution in [3.8, 4) is 0 Å². The normalized spacial score (nSPS) is 18.4. The number of aromatic nitrogens is 1. The predicted octanol–water partition coefficient (Wildman–Crippen LogP) is 5.31. The van der Waals surface area contributed by atoms with Gasteiger partial charge < -0.3 is 25.3 Å². The van der Waals surface area contributed by atoms with Crippen LogP contribution in [-0.4, -0.2) is 62.6 Å². The number of thioether (sulfide) groups is 1. The Kier molecular flexibility index (Phi) is 10.2. The van der Waals surface area contributed by atoms with E-state index in [2.05, 4.69) is 15.6 Å². The first-order valence-corrected chi connectivity index (χ1v) is 18.2. The molecule has 3 aromatic carbocycles. The molecule has 0 bridgehead atoms. The van der Waals surface area contributed by atoms with Crippen LogP contribution in [0.5, 0.6) is 0 Å². The Labute approximate surface area is 306 Å². The molecule has 3 atom stereocenters. The van der Waals surface area contributed by atoms with Gasteiger partial charge in [0.05, 0.1) is 10.2 Å². The molecule has 0 saturated carbocycles. The van der Waals surface area contributed by atoms with E-state index in [9.17, 15) is 19.2 Å². The molecule has 2 aliphatic rings. The fraction of sp³-hybridized carbons (Fsp3) is 0.286. The highest BCUT2D eigenvalue weighted by molar-refractivity contribution is 8.00. The minimum Gasteiger partial charge on any atom is -0.444 e. The van der Waals surface area contributed by atoms with E-state index in [0.717, 1.165) is 11.1 Å². The van der Waals surface area contributed by atoms with Crippen molar-refractivity contribution in [3.63, 3.8) is 0 Å². The Morgan fingerprint density at radius 3 is 2.29 bits per heavy atom. The number of nitrogens with zero attached hydrogens (tertiary/aromatic N) is 2. The molecule has 1 fully saturated rings. The average molecular weight is 751 g/mol. The van der Waals surface area contributed by atoms with Crippen LogP contribution in [0.2, 0.25) is 0 Å². The van der Waals surface area contributed by atoms with Gasteiger partial charge >= 0.3 is 12.2 Å². The van der Waals surface area contributed by atoms with Crippen LogP contribution in [0.4, 0.5) is 14.7 Å². The molecular weight excluding hydrogens is 716 g/mol. The monoisotopic (exact) mass is 750 g/mol. The van der Waals surface area contributed by atoms with Gasteiger partial charge in [0.15, 0.2) is 16.9 Å². The first-order chi connectivity index (χ1) is 24.3. The number of halogens is 1. The number of carbonyl (C=O) groups is 4. The van der Waals surface area contributed by atoms with E-state index in [1.54, 1.807) is 32.9 Å². The van der Waals surface area contributed by atoms with Crippen molar-refractivity contribution in [1.29, 1.82) is 0 Å². The Bertz CT molecular complexity index is 1970. The maximum absolute atomic E-state index is 14.0. The zero-order chi connectivity index (χ0) is 36.5. The maximum atomic E-state index is 14.0. The zero-order valence-electron chi connectivity index (χ0n) is 27.8. The SMILES string of the molecule is CC(C)(C)OC(=O)NC(N)(C(=O)NC1C(=O)N2C(OC(=O)OC(c3ccccc3)c3ccccc3)=C(CCl)CS[C@@H]12)c1ccc2nc(N)sc2c1. The Morgan fingerprint density at radius 1 is 1.04 bits per heavy atom. The van der Waals surface area contributed by atoms with Gasteiger partial charge in [-0.1, -0.05) is 78.1 Å². The summed E-state index contributed by atoms with van der Waals surface area (Å²) in [5.74, 6) is -1.26. The van der Waals surface area contributed by atoms with Gasteiger partial charge in [-0.05, 0) is 44.0 Å². The van der Waals surface area contributed by atoms with Crippen molar-refractivity contribution in [2.75, 3.05) is 17.4 Å². The van der Waals surface area contributed by atoms with Crippen molar-refractivity contribution in [2.45, 2.75) is 49.6 Å². The highest BCUT2D eigenvalue weighted by Gasteiger charge is 2.55. The summed E-state index contributed by atoms with van der Waals surface area (Å²) in [4.78, 5) is 59.6. The van der Waals surface area contributed by atoms with Crippen molar-refractivity contribution < 1.29 is 33.4 Å². The fourth-order valence-electron chi connectivity index (χ4n) is 5.57. The summed E-state index contributed by atoms with van der Waals surface area (Å²) in [6.07, 6.45) is -2.78. The van der Waals surface area contributed by atoms with E-state index in [4.69, 9.17) is 37.3 Å². The van der Waals surface area contributed by atoms with Crippen LogP contribution in [0.25, 0.3) is 10.2 Å². The lowest BCUT2D eigenvalue weighted by Crippen LogP contribution is -2.73. The predicted molar refractivity (Wildman–Crippen MR) is 194 cm³/mol. The molecule has 0 radical (unpaired) electrons. The topological polar surface area (TPSA) is 188 Å². The number of β-lactam (4-membered cyclic amide) rings is 1. The van der Waals surface area contributed by atoms with Crippen molar-refractivity contribution in [1.82, 2.24) is 20.5 Å². The molecule has 51 heavy (non-hydrogen) atoms. The average Bonchev–Trinajstić information content (AvgIpc) is 3.48. The molecule has 2 aliphatic heterocycles. The number of alkyl carbamates (subject to hydrolysis) is 1. The molecule has 1 saturated heterocycles. The lowest BCUT2D eigenvalue weighted by Gasteiger charge is -2.49. The van der Waals surface area contributed by atoms with Gasteiger partial charge in [-0.25, -0.2) is 14.6 Å². The van der Waals surface area contributed by atoms with Gasteiger partial charge in [-0.2, -0.15) is 0 Å². The lowest BCUT2D eigenvalue weighted by atomic mass is 9.97. The summed E-state index contributed by atoms with van der Waals surface area (Å²) in [5.41, 5.74) is 12.2. The number of nitrogens with two attached hydrogens (primary N) is 2. The van der Waals surface area contributed by atoms with Crippen LogP contribution < -0.4 is 22.1 Å². The van der Waals surface area contributed by atoms with Gasteiger partial charge in [0.2, 0.25) is 5.88 Å². The van der Waals surface area contributed by atoms with Crippen LogP contribution in [0, 0.1) is 0 Å². The van der Waals surface area contributed by atoms with E-state index >= 15 is 0 Å². The molecule has 2 unspecified atom stereocenters. The molecule has 16 heteroatoms. The molecule has 266 valence electrons. The third kappa shape index (κ3) is 7.61. The van der Waals surface area contributed by atoms with Crippen molar-refractivity contribution >= 4 is 74.1 Å². The van der Waals surface area contributed by atoms with Gasteiger partial charge in [-0.3, -0.25) is 25.5 Å². The third-order valence-corrected chi connectivity index (χ3v) is 10.5. The van der Waals surface area contributed by atoms with Gasteiger partial charge in [0.1, 0.15) is 17.0 Å². The fourth-order valence-corrected chi connectivity index (χ4v) is 7.99. The van der Waals surface area contributed by atoms with Crippen molar-refractivity contribution in [2.24, 2.45) is 5.73 Å². The summed E-state index contributed by atoms with van der Waals surface area (Å²) < 4.78 is 17.6. The standard InChI is InChI=1S/C35H35ClN6O7S2/c1-34(2,3)49-32(45)41-35(38,22-14-15-23-24(16-22)51-31(37)39-23)30(44)40-25-27(43)42-28(21(17-36)18-50-29(25)42)48-33(46)47-26(19-10-6-4-7-11-19)20-12-8-5-9-13-20/h4-16,25-26,29H,17-18,38H2,1-3H3,(H2,37,39)(H,40,44)(H,41,45)/t25?,29-,35?/m0/s1.